The number of fused-ring (bicyclic) bond motifs is 2. The van der Waals surface area contributed by atoms with Crippen molar-refractivity contribution in [3.8, 4) is 5.75 Å². The van der Waals surface area contributed by atoms with Crippen molar-refractivity contribution in [2.24, 2.45) is 0 Å². The zero-order chi connectivity index (χ0) is 13.5. The van der Waals surface area contributed by atoms with Crippen LogP contribution in [0.5, 0.6) is 5.75 Å². The van der Waals surface area contributed by atoms with Crippen LogP contribution in [0.2, 0.25) is 0 Å². The Morgan fingerprint density at radius 3 is 3.05 bits per heavy atom. The lowest BCUT2D eigenvalue weighted by Crippen LogP contribution is -2.23. The van der Waals surface area contributed by atoms with Crippen LogP contribution in [0.1, 0.15) is 12.0 Å². The second-order valence-electron chi connectivity index (χ2n) is 4.65. The van der Waals surface area contributed by atoms with Crippen LogP contribution in [-0.4, -0.2) is 11.5 Å². The number of benzene rings is 2. The number of rotatable bonds is 1. The predicted molar refractivity (Wildman–Crippen MR) is 72.3 cm³/mol. The molecule has 0 fully saturated rings. The van der Waals surface area contributed by atoms with Crippen molar-refractivity contribution in [2.45, 2.75) is 6.10 Å². The number of halogens is 1. The summed E-state index contributed by atoms with van der Waals surface area (Å²) in [7, 11) is 0. The minimum Gasteiger partial charge on any atom is -0.477 e. The van der Waals surface area contributed by atoms with Gasteiger partial charge in [-0.1, -0.05) is 12.1 Å². The molecule has 0 bridgehead atoms. The summed E-state index contributed by atoms with van der Waals surface area (Å²) in [6.07, 6.45) is -0.319. The molecule has 1 aliphatic rings. The second-order valence-corrected chi connectivity index (χ2v) is 4.65. The fraction of sp³-hybridized carbons (Fsp3) is 0.133. The van der Waals surface area contributed by atoms with Gasteiger partial charge >= 0.3 is 0 Å². The standard InChI is InChI=1S/C15H11FN2O2/c16-9-5-6-13-11(7-9)18-15(20-13)14-8-17-10-3-1-2-4-12(10)19-14/h1-7,14,17H,8H2. The van der Waals surface area contributed by atoms with Crippen LogP contribution >= 0.6 is 0 Å². The Morgan fingerprint density at radius 2 is 2.10 bits per heavy atom. The van der Waals surface area contributed by atoms with Gasteiger partial charge in [-0.3, -0.25) is 0 Å². The van der Waals surface area contributed by atoms with E-state index in [-0.39, 0.29) is 11.9 Å². The number of hydrogen-bond acceptors (Lipinski definition) is 4. The maximum atomic E-state index is 13.2. The molecule has 20 heavy (non-hydrogen) atoms. The van der Waals surface area contributed by atoms with E-state index in [9.17, 15) is 4.39 Å². The quantitative estimate of drug-likeness (QED) is 0.735. The van der Waals surface area contributed by atoms with Gasteiger partial charge in [0.25, 0.3) is 0 Å². The summed E-state index contributed by atoms with van der Waals surface area (Å²) in [5, 5.41) is 3.27. The monoisotopic (exact) mass is 270 g/mol. The average molecular weight is 270 g/mol. The largest absolute Gasteiger partial charge is 0.477 e. The summed E-state index contributed by atoms with van der Waals surface area (Å²) in [6.45, 7) is 0.562. The van der Waals surface area contributed by atoms with Crippen molar-refractivity contribution >= 4 is 16.8 Å². The normalized spacial score (nSPS) is 17.4. The van der Waals surface area contributed by atoms with Crippen molar-refractivity contribution in [2.75, 3.05) is 11.9 Å². The topological polar surface area (TPSA) is 47.3 Å². The highest BCUT2D eigenvalue weighted by Crippen LogP contribution is 2.34. The van der Waals surface area contributed by atoms with Crippen LogP contribution in [0.15, 0.2) is 46.9 Å². The predicted octanol–water partition coefficient (Wildman–Crippen LogP) is 3.51. The van der Waals surface area contributed by atoms with Gasteiger partial charge < -0.3 is 14.5 Å². The molecular weight excluding hydrogens is 259 g/mol. The molecule has 0 amide bonds. The lowest BCUT2D eigenvalue weighted by Gasteiger charge is -2.25. The molecule has 2 heterocycles. The number of nitrogens with one attached hydrogen (secondary N) is 1. The van der Waals surface area contributed by atoms with E-state index >= 15 is 0 Å². The van der Waals surface area contributed by atoms with Crippen molar-refractivity contribution in [3.05, 3.63) is 54.2 Å². The third-order valence-electron chi connectivity index (χ3n) is 3.28. The first-order chi connectivity index (χ1) is 9.79. The number of para-hydroxylation sites is 2. The lowest BCUT2D eigenvalue weighted by atomic mass is 10.2. The Hall–Kier alpha value is -2.56. The highest BCUT2D eigenvalue weighted by atomic mass is 19.1. The molecule has 0 saturated carbocycles. The molecule has 100 valence electrons. The van der Waals surface area contributed by atoms with Gasteiger partial charge in [0.05, 0.1) is 12.2 Å². The summed E-state index contributed by atoms with van der Waals surface area (Å²) in [6, 6.07) is 12.0. The maximum absolute atomic E-state index is 13.2. The van der Waals surface area contributed by atoms with E-state index in [1.165, 1.54) is 12.1 Å². The lowest BCUT2D eigenvalue weighted by molar-refractivity contribution is 0.177. The summed E-state index contributed by atoms with van der Waals surface area (Å²) >= 11 is 0. The molecule has 1 aliphatic heterocycles. The Kier molecular flexibility index (Phi) is 2.39. The third-order valence-corrected chi connectivity index (χ3v) is 3.28. The zero-order valence-corrected chi connectivity index (χ0v) is 10.5. The van der Waals surface area contributed by atoms with Gasteiger partial charge in [-0.15, -0.1) is 0 Å². The van der Waals surface area contributed by atoms with E-state index in [4.69, 9.17) is 9.15 Å². The Labute approximate surface area is 114 Å². The van der Waals surface area contributed by atoms with E-state index in [0.717, 1.165) is 11.4 Å². The Balaban J connectivity index is 1.70. The Bertz CT molecular complexity index is 784. The first-order valence-electron chi connectivity index (χ1n) is 6.35. The molecule has 4 nitrogen and oxygen atoms in total. The van der Waals surface area contributed by atoms with Crippen molar-refractivity contribution in [3.63, 3.8) is 0 Å². The van der Waals surface area contributed by atoms with Crippen LogP contribution in [0.4, 0.5) is 10.1 Å². The molecule has 1 unspecified atom stereocenters. The van der Waals surface area contributed by atoms with Crippen molar-refractivity contribution in [1.29, 1.82) is 0 Å². The number of ether oxygens (including phenoxy) is 1. The zero-order valence-electron chi connectivity index (χ0n) is 10.5. The fourth-order valence-corrected chi connectivity index (χ4v) is 2.31. The molecule has 4 rings (SSSR count). The first-order valence-corrected chi connectivity index (χ1v) is 6.35. The average Bonchev–Trinajstić information content (AvgIpc) is 2.89. The van der Waals surface area contributed by atoms with Gasteiger partial charge in [-0.05, 0) is 24.3 Å². The molecule has 1 atom stereocenters. The number of nitrogens with zero attached hydrogens (tertiary/aromatic N) is 1. The SMILES string of the molecule is Fc1ccc2oc(C3CNc4ccccc4O3)nc2c1. The summed E-state index contributed by atoms with van der Waals surface area (Å²) in [4.78, 5) is 4.30. The number of hydrogen-bond donors (Lipinski definition) is 1. The van der Waals surface area contributed by atoms with Crippen LogP contribution in [0.3, 0.4) is 0 Å². The van der Waals surface area contributed by atoms with E-state index in [1.54, 1.807) is 6.07 Å². The molecule has 2 aromatic carbocycles. The van der Waals surface area contributed by atoms with Crippen LogP contribution in [-0.2, 0) is 0 Å². The van der Waals surface area contributed by atoms with Gasteiger partial charge in [-0.2, -0.15) is 0 Å². The minimum absolute atomic E-state index is 0.319. The second kappa shape index (κ2) is 4.23. The van der Waals surface area contributed by atoms with Crippen molar-refractivity contribution in [1.82, 2.24) is 4.98 Å². The van der Waals surface area contributed by atoms with Crippen molar-refractivity contribution < 1.29 is 13.5 Å². The van der Waals surface area contributed by atoms with Gasteiger partial charge in [0.15, 0.2) is 11.7 Å². The number of oxazole rings is 1. The van der Waals surface area contributed by atoms with Crippen LogP contribution in [0, 0.1) is 5.82 Å². The van der Waals surface area contributed by atoms with Crippen LogP contribution in [0.25, 0.3) is 11.1 Å². The van der Waals surface area contributed by atoms with Gasteiger partial charge in [-0.25, -0.2) is 9.37 Å². The van der Waals surface area contributed by atoms with E-state index < -0.39 is 0 Å². The fourth-order valence-electron chi connectivity index (χ4n) is 2.31. The molecule has 0 spiro atoms. The molecule has 0 aliphatic carbocycles. The van der Waals surface area contributed by atoms with E-state index in [2.05, 4.69) is 10.3 Å². The molecule has 0 radical (unpaired) electrons. The summed E-state index contributed by atoms with van der Waals surface area (Å²) < 4.78 is 24.7. The molecule has 5 heteroatoms. The molecule has 1 N–H and O–H groups in total. The first kappa shape index (κ1) is 11.3. The molecule has 3 aromatic rings. The molecule has 0 saturated heterocycles. The van der Waals surface area contributed by atoms with Crippen LogP contribution < -0.4 is 10.1 Å². The van der Waals surface area contributed by atoms with E-state index in [0.29, 0.717) is 23.5 Å². The third kappa shape index (κ3) is 1.79. The molecular formula is C15H11FN2O2. The molecule has 1 aromatic heterocycles. The summed E-state index contributed by atoms with van der Waals surface area (Å²) in [5.41, 5.74) is 2.01. The van der Waals surface area contributed by atoms with Gasteiger partial charge in [0.1, 0.15) is 17.1 Å². The highest BCUT2D eigenvalue weighted by molar-refractivity contribution is 5.72. The maximum Gasteiger partial charge on any atom is 0.238 e. The summed E-state index contributed by atoms with van der Waals surface area (Å²) in [5.74, 6) is 0.884. The van der Waals surface area contributed by atoms with Gasteiger partial charge in [0.2, 0.25) is 5.89 Å². The number of anilines is 1. The smallest absolute Gasteiger partial charge is 0.238 e. The van der Waals surface area contributed by atoms with Gasteiger partial charge in [0, 0.05) is 6.07 Å². The Morgan fingerprint density at radius 1 is 1.20 bits per heavy atom. The minimum atomic E-state index is -0.328. The number of aromatic nitrogens is 1. The highest BCUT2D eigenvalue weighted by Gasteiger charge is 2.25. The van der Waals surface area contributed by atoms with E-state index in [1.807, 2.05) is 24.3 Å².